The number of nitrogens with one attached hydrogen (secondary N) is 2. The summed E-state index contributed by atoms with van der Waals surface area (Å²) in [5, 5.41) is 18.3. The summed E-state index contributed by atoms with van der Waals surface area (Å²) >= 11 is 0. The van der Waals surface area contributed by atoms with Gasteiger partial charge >= 0.3 is 6.03 Å². The van der Waals surface area contributed by atoms with E-state index >= 15 is 0 Å². The Morgan fingerprint density at radius 2 is 2.29 bits per heavy atom. The molecule has 1 aromatic rings. The van der Waals surface area contributed by atoms with Gasteiger partial charge < -0.3 is 14.9 Å². The molecule has 0 aromatic carbocycles. The van der Waals surface area contributed by atoms with Crippen LogP contribution in [-0.4, -0.2) is 28.9 Å². The number of hydrogen-bond donors (Lipinski definition) is 3. The molecule has 0 aliphatic rings. The average molecular weight is 241 g/mol. The summed E-state index contributed by atoms with van der Waals surface area (Å²) in [5.41, 5.74) is 0. The van der Waals surface area contributed by atoms with Crippen LogP contribution in [0, 0.1) is 12.8 Å². The van der Waals surface area contributed by atoms with Crippen molar-refractivity contribution < 1.29 is 14.4 Å². The largest absolute Gasteiger partial charge is 0.391 e. The molecule has 3 N–H and O–H groups in total. The Morgan fingerprint density at radius 1 is 1.59 bits per heavy atom. The van der Waals surface area contributed by atoms with Gasteiger partial charge in [0, 0.05) is 12.6 Å². The van der Waals surface area contributed by atoms with E-state index in [2.05, 4.69) is 15.8 Å². The molecule has 2 amide bonds. The van der Waals surface area contributed by atoms with Gasteiger partial charge in [0.25, 0.3) is 0 Å². The number of aliphatic hydroxyl groups is 1. The average Bonchev–Trinajstić information content (AvgIpc) is 2.60. The molecule has 1 atom stereocenters. The summed E-state index contributed by atoms with van der Waals surface area (Å²) in [4.78, 5) is 11.4. The number of carbonyl (C=O) groups is 1. The highest BCUT2D eigenvalue weighted by molar-refractivity contribution is 5.88. The number of urea groups is 1. The molecule has 17 heavy (non-hydrogen) atoms. The van der Waals surface area contributed by atoms with Gasteiger partial charge in [-0.25, -0.2) is 4.79 Å². The first-order chi connectivity index (χ1) is 7.97. The molecule has 0 saturated carbocycles. The van der Waals surface area contributed by atoms with Gasteiger partial charge in [0.05, 0.1) is 6.10 Å². The van der Waals surface area contributed by atoms with Gasteiger partial charge in [-0.1, -0.05) is 19.0 Å². The van der Waals surface area contributed by atoms with Crippen molar-refractivity contribution >= 4 is 11.8 Å². The summed E-state index contributed by atoms with van der Waals surface area (Å²) in [6.07, 6.45) is 0.128. The molecule has 0 spiro atoms. The van der Waals surface area contributed by atoms with E-state index < -0.39 is 12.1 Å². The quantitative estimate of drug-likeness (QED) is 0.729. The third-order valence-electron chi connectivity index (χ3n) is 2.11. The van der Waals surface area contributed by atoms with Crippen LogP contribution in [0.3, 0.4) is 0 Å². The lowest BCUT2D eigenvalue weighted by molar-refractivity contribution is 0.148. The summed E-state index contributed by atoms with van der Waals surface area (Å²) < 4.78 is 4.80. The molecular formula is C11H19N3O3. The van der Waals surface area contributed by atoms with Crippen LogP contribution in [0.4, 0.5) is 10.6 Å². The highest BCUT2D eigenvalue weighted by Crippen LogP contribution is 2.06. The number of carbonyl (C=O) groups excluding carboxylic acids is 1. The highest BCUT2D eigenvalue weighted by Gasteiger charge is 2.10. The number of nitrogens with zero attached hydrogens (tertiary/aromatic N) is 1. The molecule has 1 aromatic heterocycles. The molecule has 6 heteroatoms. The lowest BCUT2D eigenvalue weighted by Gasteiger charge is -2.13. The number of aryl methyl sites for hydroxylation is 1. The minimum atomic E-state index is -0.528. The fourth-order valence-electron chi connectivity index (χ4n) is 1.42. The molecule has 6 nitrogen and oxygen atoms in total. The first kappa shape index (κ1) is 13.5. The van der Waals surface area contributed by atoms with Crippen LogP contribution < -0.4 is 10.6 Å². The van der Waals surface area contributed by atoms with Crippen LogP contribution in [0.2, 0.25) is 0 Å². The van der Waals surface area contributed by atoms with Crippen molar-refractivity contribution in [3.05, 3.63) is 11.8 Å². The van der Waals surface area contributed by atoms with Crippen molar-refractivity contribution in [2.75, 3.05) is 11.9 Å². The highest BCUT2D eigenvalue weighted by atomic mass is 16.5. The summed E-state index contributed by atoms with van der Waals surface area (Å²) in [5.74, 6) is 1.38. The first-order valence-electron chi connectivity index (χ1n) is 5.63. The van der Waals surface area contributed by atoms with Gasteiger partial charge in [-0.2, -0.15) is 0 Å². The maximum Gasteiger partial charge on any atom is 0.320 e. The Bertz CT molecular complexity index is 363. The Labute approximate surface area is 100 Å². The van der Waals surface area contributed by atoms with Crippen LogP contribution in [0.25, 0.3) is 0 Å². The smallest absolute Gasteiger partial charge is 0.320 e. The fourth-order valence-corrected chi connectivity index (χ4v) is 1.42. The lowest BCUT2D eigenvalue weighted by Crippen LogP contribution is -2.35. The fraction of sp³-hybridized carbons (Fsp3) is 0.636. The van der Waals surface area contributed by atoms with Gasteiger partial charge in [-0.3, -0.25) is 5.32 Å². The van der Waals surface area contributed by atoms with Gasteiger partial charge in [0.1, 0.15) is 5.76 Å². The van der Waals surface area contributed by atoms with Crippen LogP contribution in [0.15, 0.2) is 10.6 Å². The van der Waals surface area contributed by atoms with E-state index in [4.69, 9.17) is 4.52 Å². The summed E-state index contributed by atoms with van der Waals surface area (Å²) in [7, 11) is 0. The number of amides is 2. The zero-order valence-corrected chi connectivity index (χ0v) is 10.4. The molecule has 0 aliphatic carbocycles. The molecule has 1 rings (SSSR count). The maximum absolute atomic E-state index is 11.4. The van der Waals surface area contributed by atoms with E-state index in [1.807, 2.05) is 13.8 Å². The Morgan fingerprint density at radius 3 is 2.82 bits per heavy atom. The molecule has 0 saturated heterocycles. The number of rotatable bonds is 5. The predicted molar refractivity (Wildman–Crippen MR) is 63.7 cm³/mol. The monoisotopic (exact) mass is 241 g/mol. The second-order valence-corrected chi connectivity index (χ2v) is 4.44. The van der Waals surface area contributed by atoms with Gasteiger partial charge in [-0.15, -0.1) is 0 Å². The summed E-state index contributed by atoms with van der Waals surface area (Å²) in [6.45, 7) is 5.99. The number of hydrogen-bond acceptors (Lipinski definition) is 4. The molecular weight excluding hydrogens is 222 g/mol. The van der Waals surface area contributed by atoms with Crippen LogP contribution in [0.1, 0.15) is 26.0 Å². The molecule has 0 bridgehead atoms. The van der Waals surface area contributed by atoms with Gasteiger partial charge in [0.2, 0.25) is 0 Å². The molecule has 0 aliphatic heterocycles. The van der Waals surface area contributed by atoms with E-state index in [1.54, 1.807) is 13.0 Å². The topological polar surface area (TPSA) is 87.4 Å². The van der Waals surface area contributed by atoms with Crippen molar-refractivity contribution in [2.45, 2.75) is 33.3 Å². The zero-order valence-electron chi connectivity index (χ0n) is 10.4. The molecule has 0 fully saturated rings. The third-order valence-corrected chi connectivity index (χ3v) is 2.11. The number of aromatic nitrogens is 1. The molecule has 0 radical (unpaired) electrons. The molecule has 96 valence electrons. The lowest BCUT2D eigenvalue weighted by atomic mass is 10.1. The number of aliphatic hydroxyl groups excluding tert-OH is 1. The van der Waals surface area contributed by atoms with Crippen LogP contribution in [0.5, 0.6) is 0 Å². The van der Waals surface area contributed by atoms with Gasteiger partial charge in [0.15, 0.2) is 5.82 Å². The predicted octanol–water partition coefficient (Wildman–Crippen LogP) is 1.51. The van der Waals surface area contributed by atoms with Gasteiger partial charge in [-0.05, 0) is 19.3 Å². The minimum absolute atomic E-state index is 0.223. The summed E-state index contributed by atoms with van der Waals surface area (Å²) in [6, 6.07) is 1.21. The van der Waals surface area contributed by atoms with Crippen molar-refractivity contribution in [1.82, 2.24) is 10.5 Å². The SMILES string of the molecule is Cc1cc(NC(=O)NC[C@@H](O)CC(C)C)no1. The number of anilines is 1. The third kappa shape index (κ3) is 5.35. The van der Waals surface area contributed by atoms with E-state index in [1.165, 1.54) is 0 Å². The van der Waals surface area contributed by atoms with Crippen molar-refractivity contribution in [3.63, 3.8) is 0 Å². The Hall–Kier alpha value is -1.56. The first-order valence-corrected chi connectivity index (χ1v) is 5.63. The second kappa shape index (κ2) is 6.24. The van der Waals surface area contributed by atoms with Crippen molar-refractivity contribution in [1.29, 1.82) is 0 Å². The van der Waals surface area contributed by atoms with Crippen molar-refractivity contribution in [3.8, 4) is 0 Å². The molecule has 0 unspecified atom stereocenters. The van der Waals surface area contributed by atoms with Crippen molar-refractivity contribution in [2.24, 2.45) is 5.92 Å². The zero-order chi connectivity index (χ0) is 12.8. The van der Waals surface area contributed by atoms with E-state index in [0.29, 0.717) is 23.9 Å². The normalized spacial score (nSPS) is 12.5. The van der Waals surface area contributed by atoms with E-state index in [0.717, 1.165) is 0 Å². The van der Waals surface area contributed by atoms with E-state index in [9.17, 15) is 9.90 Å². The van der Waals surface area contributed by atoms with Crippen LogP contribution >= 0.6 is 0 Å². The maximum atomic E-state index is 11.4. The Balaban J connectivity index is 2.26. The standard InChI is InChI=1S/C11H19N3O3/c1-7(2)4-9(15)6-12-11(16)13-10-5-8(3)17-14-10/h5,7,9,15H,4,6H2,1-3H3,(H2,12,13,14,16)/t9-/m0/s1. The molecule has 1 heterocycles. The Kier molecular flexibility index (Phi) is 4.96. The van der Waals surface area contributed by atoms with Crippen LogP contribution in [-0.2, 0) is 0 Å². The second-order valence-electron chi connectivity index (χ2n) is 4.44. The minimum Gasteiger partial charge on any atom is -0.391 e. The van der Waals surface area contributed by atoms with E-state index in [-0.39, 0.29) is 6.54 Å².